The molecule has 2 saturated heterocycles. The van der Waals surface area contributed by atoms with E-state index < -0.39 is 5.60 Å². The number of rotatable bonds is 3. The Bertz CT molecular complexity index is 806. The van der Waals surface area contributed by atoms with Gasteiger partial charge in [0.2, 0.25) is 0 Å². The molecular weight excluding hydrogens is 396 g/mol. The van der Waals surface area contributed by atoms with Crippen LogP contribution in [0.3, 0.4) is 0 Å². The predicted molar refractivity (Wildman–Crippen MR) is 119 cm³/mol. The Morgan fingerprint density at radius 2 is 2.10 bits per heavy atom. The highest BCUT2D eigenvalue weighted by atomic mass is 16.6. The monoisotopic (exact) mass is 430 g/mol. The summed E-state index contributed by atoms with van der Waals surface area (Å²) in [6, 6.07) is 4.39. The fraction of sp³-hybridized carbons (Fsp3) is 0.682. The number of carbonyl (C=O) groups excluding carboxylic acids is 1. The maximum atomic E-state index is 12.4. The van der Waals surface area contributed by atoms with E-state index in [1.165, 1.54) is 0 Å². The molecule has 2 fully saturated rings. The van der Waals surface area contributed by atoms with E-state index in [2.05, 4.69) is 44.1 Å². The van der Waals surface area contributed by atoms with Crippen molar-refractivity contribution < 1.29 is 14.3 Å². The zero-order chi connectivity index (χ0) is 22.0. The van der Waals surface area contributed by atoms with Crippen LogP contribution in [0.15, 0.2) is 23.3 Å². The molecule has 3 aliphatic heterocycles. The lowest BCUT2D eigenvalue weighted by molar-refractivity contribution is 0.0137. The van der Waals surface area contributed by atoms with Crippen molar-refractivity contribution in [1.82, 2.24) is 20.1 Å². The third-order valence-electron chi connectivity index (χ3n) is 5.68. The van der Waals surface area contributed by atoms with Crippen molar-refractivity contribution in [3.8, 4) is 0 Å². The molecule has 1 amide bonds. The van der Waals surface area contributed by atoms with Crippen LogP contribution in [0.2, 0.25) is 0 Å². The molecule has 0 aliphatic carbocycles. The summed E-state index contributed by atoms with van der Waals surface area (Å²) in [6.45, 7) is 13.7. The molecule has 2 atom stereocenters. The normalized spacial score (nSPS) is 24.0. The Balaban J connectivity index is 1.26. The number of hydrogen-bond donors (Lipinski definition) is 1. The van der Waals surface area contributed by atoms with Gasteiger partial charge >= 0.3 is 6.09 Å². The van der Waals surface area contributed by atoms with Crippen LogP contribution in [-0.4, -0.2) is 90.5 Å². The molecule has 31 heavy (non-hydrogen) atoms. The van der Waals surface area contributed by atoms with E-state index in [4.69, 9.17) is 9.47 Å². The van der Waals surface area contributed by atoms with Gasteiger partial charge in [-0.3, -0.25) is 4.99 Å². The summed E-state index contributed by atoms with van der Waals surface area (Å²) in [5, 5.41) is 3.45. The number of morpholine rings is 1. The highest BCUT2D eigenvalue weighted by Crippen LogP contribution is 2.19. The molecule has 1 aromatic heterocycles. The average molecular weight is 431 g/mol. The van der Waals surface area contributed by atoms with E-state index in [0.29, 0.717) is 26.2 Å². The summed E-state index contributed by atoms with van der Waals surface area (Å²) in [4.78, 5) is 28.0. The van der Waals surface area contributed by atoms with Gasteiger partial charge in [-0.25, -0.2) is 9.78 Å². The first-order valence-electron chi connectivity index (χ1n) is 11.1. The van der Waals surface area contributed by atoms with Crippen LogP contribution >= 0.6 is 0 Å². The molecule has 9 nitrogen and oxygen atoms in total. The largest absolute Gasteiger partial charge is 0.444 e. The van der Waals surface area contributed by atoms with Crippen LogP contribution in [-0.2, 0) is 16.0 Å². The minimum atomic E-state index is -0.475. The van der Waals surface area contributed by atoms with Crippen molar-refractivity contribution in [3.63, 3.8) is 0 Å². The van der Waals surface area contributed by atoms with Gasteiger partial charge in [-0.05, 0) is 39.3 Å². The number of pyridine rings is 1. The van der Waals surface area contributed by atoms with Crippen molar-refractivity contribution in [3.05, 3.63) is 23.9 Å². The van der Waals surface area contributed by atoms with Crippen LogP contribution in [0, 0.1) is 0 Å². The molecule has 1 aromatic rings. The van der Waals surface area contributed by atoms with E-state index in [0.717, 1.165) is 43.6 Å². The van der Waals surface area contributed by atoms with Crippen molar-refractivity contribution in [2.75, 3.05) is 50.8 Å². The summed E-state index contributed by atoms with van der Waals surface area (Å²) in [7, 11) is 0. The third-order valence-corrected chi connectivity index (χ3v) is 5.68. The number of aliphatic imine (C=N–C) groups is 1. The lowest BCUT2D eigenvalue weighted by Gasteiger charge is -2.39. The zero-order valence-corrected chi connectivity index (χ0v) is 19.0. The van der Waals surface area contributed by atoms with Gasteiger partial charge in [0.05, 0.1) is 25.3 Å². The number of hydrogen-bond acceptors (Lipinski definition) is 8. The Morgan fingerprint density at radius 1 is 1.26 bits per heavy atom. The first kappa shape index (κ1) is 21.7. The molecule has 4 heterocycles. The van der Waals surface area contributed by atoms with Crippen molar-refractivity contribution >= 4 is 17.9 Å². The Hall–Kier alpha value is -2.55. The first-order chi connectivity index (χ1) is 14.8. The third kappa shape index (κ3) is 5.39. The summed E-state index contributed by atoms with van der Waals surface area (Å²) >= 11 is 0. The van der Waals surface area contributed by atoms with Gasteiger partial charge in [0.1, 0.15) is 11.4 Å². The number of guanidine groups is 1. The van der Waals surface area contributed by atoms with Crippen molar-refractivity contribution in [2.45, 2.75) is 52.0 Å². The van der Waals surface area contributed by atoms with Crippen LogP contribution in [0.1, 0.15) is 33.3 Å². The van der Waals surface area contributed by atoms with Crippen LogP contribution in [0.25, 0.3) is 0 Å². The maximum Gasteiger partial charge on any atom is 0.410 e. The van der Waals surface area contributed by atoms with Gasteiger partial charge < -0.3 is 29.5 Å². The van der Waals surface area contributed by atoms with Gasteiger partial charge in [-0.1, -0.05) is 6.07 Å². The van der Waals surface area contributed by atoms with Gasteiger partial charge in [0.15, 0.2) is 5.96 Å². The SMILES string of the molecule is CC1CN(c2ccc(CNC3=NCC4CN(C(=O)OC(C)(C)C)CCN34)cn2)CCO1. The van der Waals surface area contributed by atoms with Crippen LogP contribution in [0.5, 0.6) is 0 Å². The van der Waals surface area contributed by atoms with Crippen molar-refractivity contribution in [2.24, 2.45) is 4.99 Å². The standard InChI is InChI=1S/C22H34N6O3/c1-16-14-26(9-10-30-16)19-6-5-17(11-23-19)12-24-20-25-13-18-15-27(7-8-28(18)20)21(29)31-22(2,3)4/h5-6,11,16,18H,7-10,12-15H2,1-4H3,(H,24,25). The quantitative estimate of drug-likeness (QED) is 0.781. The minimum absolute atomic E-state index is 0.201. The van der Waals surface area contributed by atoms with E-state index in [9.17, 15) is 4.79 Å². The lowest BCUT2D eigenvalue weighted by Crippen LogP contribution is -2.57. The molecular formula is C22H34N6O3. The molecule has 0 radical (unpaired) electrons. The minimum Gasteiger partial charge on any atom is -0.444 e. The number of nitrogens with zero attached hydrogens (tertiary/aromatic N) is 5. The van der Waals surface area contributed by atoms with Crippen molar-refractivity contribution in [1.29, 1.82) is 0 Å². The highest BCUT2D eigenvalue weighted by Gasteiger charge is 2.36. The van der Waals surface area contributed by atoms with E-state index in [1.807, 2.05) is 27.0 Å². The second-order valence-corrected chi connectivity index (χ2v) is 9.44. The number of anilines is 1. The van der Waals surface area contributed by atoms with Gasteiger partial charge in [0, 0.05) is 45.5 Å². The molecule has 0 saturated carbocycles. The number of piperazine rings is 1. The second kappa shape index (κ2) is 8.90. The number of fused-ring (bicyclic) bond motifs is 1. The van der Waals surface area contributed by atoms with Gasteiger partial charge in [-0.15, -0.1) is 0 Å². The van der Waals surface area contributed by atoms with Gasteiger partial charge in [0.25, 0.3) is 0 Å². The fourth-order valence-electron chi connectivity index (χ4n) is 4.14. The van der Waals surface area contributed by atoms with E-state index >= 15 is 0 Å². The summed E-state index contributed by atoms with van der Waals surface area (Å²) in [5.41, 5.74) is 0.639. The molecule has 0 spiro atoms. The van der Waals surface area contributed by atoms with Crippen LogP contribution < -0.4 is 10.2 Å². The molecule has 3 aliphatic rings. The molecule has 9 heteroatoms. The first-order valence-corrected chi connectivity index (χ1v) is 11.1. The summed E-state index contributed by atoms with van der Waals surface area (Å²) in [5.74, 6) is 1.90. The number of ether oxygens (including phenoxy) is 2. The Morgan fingerprint density at radius 3 is 2.81 bits per heavy atom. The molecule has 0 aromatic carbocycles. The predicted octanol–water partition coefficient (Wildman–Crippen LogP) is 1.69. The number of nitrogens with one attached hydrogen (secondary N) is 1. The lowest BCUT2D eigenvalue weighted by atomic mass is 10.2. The molecule has 1 N–H and O–H groups in total. The van der Waals surface area contributed by atoms with Gasteiger partial charge in [-0.2, -0.15) is 0 Å². The maximum absolute atomic E-state index is 12.4. The van der Waals surface area contributed by atoms with E-state index in [-0.39, 0.29) is 18.2 Å². The number of carbonyl (C=O) groups is 1. The Kier molecular flexibility index (Phi) is 6.22. The Labute approximate surface area is 184 Å². The number of amides is 1. The topological polar surface area (TPSA) is 82.5 Å². The highest BCUT2D eigenvalue weighted by molar-refractivity contribution is 5.82. The molecule has 0 bridgehead atoms. The van der Waals surface area contributed by atoms with Crippen LogP contribution in [0.4, 0.5) is 10.6 Å². The van der Waals surface area contributed by atoms with E-state index in [1.54, 1.807) is 4.90 Å². The molecule has 4 rings (SSSR count). The smallest absolute Gasteiger partial charge is 0.410 e. The summed E-state index contributed by atoms with van der Waals surface area (Å²) in [6.07, 6.45) is 1.92. The molecule has 2 unspecified atom stereocenters. The zero-order valence-electron chi connectivity index (χ0n) is 19.0. The fourth-order valence-corrected chi connectivity index (χ4v) is 4.14. The number of aromatic nitrogens is 1. The second-order valence-electron chi connectivity index (χ2n) is 9.44. The summed E-state index contributed by atoms with van der Waals surface area (Å²) < 4.78 is 11.1. The molecule has 170 valence electrons. The average Bonchev–Trinajstić information content (AvgIpc) is 3.14.